The van der Waals surface area contributed by atoms with E-state index in [4.69, 9.17) is 4.98 Å². The highest BCUT2D eigenvalue weighted by Crippen LogP contribution is 2.40. The Labute approximate surface area is 185 Å². The van der Waals surface area contributed by atoms with Gasteiger partial charge in [-0.2, -0.15) is 5.10 Å². The number of nitrogens with zero attached hydrogens (tertiary/aromatic N) is 4. The molecule has 0 unspecified atom stereocenters. The number of hydrogen-bond donors (Lipinski definition) is 1. The summed E-state index contributed by atoms with van der Waals surface area (Å²) in [6, 6.07) is 5.11. The number of fused-ring (bicyclic) bond motifs is 1. The molecule has 0 radical (unpaired) electrons. The van der Waals surface area contributed by atoms with Crippen molar-refractivity contribution in [2.45, 2.75) is 48.8 Å². The number of likely N-dealkylation sites (tertiary alicyclic amines) is 1. The molecule has 3 aromatic heterocycles. The molecule has 0 atom stereocenters. The van der Waals surface area contributed by atoms with Crippen molar-refractivity contribution in [3.8, 4) is 0 Å². The Bertz CT molecular complexity index is 1240. The third kappa shape index (κ3) is 3.88. The van der Waals surface area contributed by atoms with Gasteiger partial charge in [0, 0.05) is 37.8 Å². The van der Waals surface area contributed by atoms with Crippen LogP contribution in [0.3, 0.4) is 0 Å². The normalized spacial score (nSPS) is 18.1. The molecule has 164 valence electrons. The standard InChI is InChI=1S/C21H25N5O3S2/c1-13-19-16(12-17(14-5-6-14)22-20(19)25(2)23-13)21(27)26-9-7-15(8-10-26)24-31(28,29)18-4-3-11-30-18/h3-4,11-12,14-15,24H,5-10H2,1-2H3. The Balaban J connectivity index is 1.35. The topological polar surface area (TPSA) is 97.2 Å². The van der Waals surface area contributed by atoms with E-state index in [1.165, 1.54) is 11.3 Å². The van der Waals surface area contributed by atoms with Crippen LogP contribution in [0.2, 0.25) is 0 Å². The van der Waals surface area contributed by atoms with Gasteiger partial charge in [0.05, 0.1) is 16.6 Å². The second kappa shape index (κ2) is 7.68. The van der Waals surface area contributed by atoms with Crippen molar-refractivity contribution >= 4 is 38.3 Å². The van der Waals surface area contributed by atoms with Crippen molar-refractivity contribution in [3.63, 3.8) is 0 Å². The third-order valence-corrected chi connectivity index (χ3v) is 9.00. The lowest BCUT2D eigenvalue weighted by Crippen LogP contribution is -2.46. The molecular formula is C21H25N5O3S2. The summed E-state index contributed by atoms with van der Waals surface area (Å²) in [5, 5.41) is 7.05. The minimum atomic E-state index is -3.50. The molecule has 1 amide bonds. The molecule has 1 aliphatic heterocycles. The van der Waals surface area contributed by atoms with Crippen LogP contribution in [-0.2, 0) is 17.1 Å². The fraction of sp³-hybridized carbons (Fsp3) is 0.476. The molecule has 3 aromatic rings. The molecule has 1 N–H and O–H groups in total. The van der Waals surface area contributed by atoms with Crippen LogP contribution in [0.1, 0.15) is 53.3 Å². The first-order valence-electron chi connectivity index (χ1n) is 10.5. The average molecular weight is 460 g/mol. The lowest BCUT2D eigenvalue weighted by atomic mass is 10.0. The van der Waals surface area contributed by atoms with Gasteiger partial charge in [-0.1, -0.05) is 6.07 Å². The minimum absolute atomic E-state index is 0.0232. The zero-order valence-electron chi connectivity index (χ0n) is 17.5. The second-order valence-corrected chi connectivity index (χ2v) is 11.3. The number of hydrogen-bond acceptors (Lipinski definition) is 6. The monoisotopic (exact) mass is 459 g/mol. The van der Waals surface area contributed by atoms with E-state index in [1.807, 2.05) is 24.9 Å². The number of nitrogens with one attached hydrogen (secondary N) is 1. The minimum Gasteiger partial charge on any atom is -0.339 e. The molecule has 0 spiro atoms. The van der Waals surface area contributed by atoms with Crippen LogP contribution in [-0.4, -0.2) is 53.1 Å². The summed E-state index contributed by atoms with van der Waals surface area (Å²) >= 11 is 1.21. The lowest BCUT2D eigenvalue weighted by Gasteiger charge is -2.32. The molecule has 5 rings (SSSR count). The quantitative estimate of drug-likeness (QED) is 0.633. The van der Waals surface area contributed by atoms with Crippen LogP contribution in [0.5, 0.6) is 0 Å². The van der Waals surface area contributed by atoms with Gasteiger partial charge in [-0.05, 0) is 50.1 Å². The molecule has 1 aliphatic carbocycles. The summed E-state index contributed by atoms with van der Waals surface area (Å²) < 4.78 is 29.9. The fourth-order valence-electron chi connectivity index (χ4n) is 4.29. The van der Waals surface area contributed by atoms with E-state index in [9.17, 15) is 13.2 Å². The average Bonchev–Trinajstić information content (AvgIpc) is 3.35. The van der Waals surface area contributed by atoms with Crippen molar-refractivity contribution in [2.75, 3.05) is 13.1 Å². The van der Waals surface area contributed by atoms with Gasteiger partial charge in [-0.3, -0.25) is 9.48 Å². The number of carbonyl (C=O) groups is 1. The van der Waals surface area contributed by atoms with Gasteiger partial charge in [-0.15, -0.1) is 11.3 Å². The molecule has 10 heteroatoms. The van der Waals surface area contributed by atoms with E-state index >= 15 is 0 Å². The number of aryl methyl sites for hydroxylation is 2. The van der Waals surface area contributed by atoms with Crippen molar-refractivity contribution in [1.29, 1.82) is 0 Å². The van der Waals surface area contributed by atoms with Gasteiger partial charge in [0.1, 0.15) is 4.21 Å². The number of amides is 1. The van der Waals surface area contributed by atoms with E-state index in [0.29, 0.717) is 41.6 Å². The summed E-state index contributed by atoms with van der Waals surface area (Å²) in [7, 11) is -1.64. The van der Waals surface area contributed by atoms with Gasteiger partial charge in [0.15, 0.2) is 5.65 Å². The number of pyridine rings is 1. The highest BCUT2D eigenvalue weighted by Gasteiger charge is 2.32. The van der Waals surface area contributed by atoms with Crippen molar-refractivity contribution in [2.24, 2.45) is 7.05 Å². The first kappa shape index (κ1) is 20.6. The zero-order valence-corrected chi connectivity index (χ0v) is 19.2. The van der Waals surface area contributed by atoms with Crippen molar-refractivity contribution in [1.82, 2.24) is 24.4 Å². The molecule has 4 heterocycles. The highest BCUT2D eigenvalue weighted by molar-refractivity contribution is 7.91. The van der Waals surface area contributed by atoms with Crippen LogP contribution in [0.25, 0.3) is 11.0 Å². The van der Waals surface area contributed by atoms with Crippen LogP contribution < -0.4 is 4.72 Å². The summed E-state index contributed by atoms with van der Waals surface area (Å²) in [4.78, 5) is 20.1. The molecule has 0 aromatic carbocycles. The number of thiophene rings is 1. The van der Waals surface area contributed by atoms with Crippen LogP contribution >= 0.6 is 11.3 Å². The molecule has 1 saturated heterocycles. The van der Waals surface area contributed by atoms with Gasteiger partial charge in [0.2, 0.25) is 10.0 Å². The van der Waals surface area contributed by atoms with Crippen LogP contribution in [0.4, 0.5) is 0 Å². The van der Waals surface area contributed by atoms with Gasteiger partial charge in [-0.25, -0.2) is 18.1 Å². The van der Waals surface area contributed by atoms with E-state index in [-0.39, 0.29) is 11.9 Å². The number of aromatic nitrogens is 3. The van der Waals surface area contributed by atoms with Gasteiger partial charge < -0.3 is 4.90 Å². The van der Waals surface area contributed by atoms with Crippen molar-refractivity contribution in [3.05, 3.63) is 40.5 Å². The van der Waals surface area contributed by atoms with E-state index < -0.39 is 10.0 Å². The maximum atomic E-state index is 13.5. The zero-order chi connectivity index (χ0) is 21.8. The smallest absolute Gasteiger partial charge is 0.254 e. The number of rotatable bonds is 5. The Morgan fingerprint density at radius 2 is 1.97 bits per heavy atom. The summed E-state index contributed by atoms with van der Waals surface area (Å²) in [5.41, 5.74) is 3.19. The van der Waals surface area contributed by atoms with E-state index in [1.54, 1.807) is 22.2 Å². The van der Waals surface area contributed by atoms with Crippen LogP contribution in [0, 0.1) is 6.92 Å². The first-order valence-corrected chi connectivity index (χ1v) is 12.9. The predicted molar refractivity (Wildman–Crippen MR) is 119 cm³/mol. The van der Waals surface area contributed by atoms with Crippen molar-refractivity contribution < 1.29 is 13.2 Å². The van der Waals surface area contributed by atoms with Crippen LogP contribution in [0.15, 0.2) is 27.8 Å². The Kier molecular flexibility index (Phi) is 5.10. The molecule has 1 saturated carbocycles. The molecular weight excluding hydrogens is 434 g/mol. The number of sulfonamides is 1. The highest BCUT2D eigenvalue weighted by atomic mass is 32.2. The third-order valence-electron chi connectivity index (χ3n) is 6.08. The van der Waals surface area contributed by atoms with E-state index in [2.05, 4.69) is 9.82 Å². The predicted octanol–water partition coefficient (Wildman–Crippen LogP) is 2.80. The maximum Gasteiger partial charge on any atom is 0.254 e. The second-order valence-electron chi connectivity index (χ2n) is 8.40. The first-order chi connectivity index (χ1) is 14.8. The lowest BCUT2D eigenvalue weighted by molar-refractivity contribution is 0.0713. The summed E-state index contributed by atoms with van der Waals surface area (Å²) in [6.45, 7) is 2.93. The van der Waals surface area contributed by atoms with Gasteiger partial charge in [0.25, 0.3) is 5.91 Å². The Morgan fingerprint density at radius 1 is 1.23 bits per heavy atom. The number of carbonyl (C=O) groups excluding carboxylic acids is 1. The largest absolute Gasteiger partial charge is 0.339 e. The number of piperidine rings is 1. The molecule has 2 fully saturated rings. The molecule has 31 heavy (non-hydrogen) atoms. The summed E-state index contributed by atoms with van der Waals surface area (Å²) in [6.07, 6.45) is 3.40. The molecule has 8 nitrogen and oxygen atoms in total. The Hall–Kier alpha value is -2.30. The van der Waals surface area contributed by atoms with E-state index in [0.717, 1.165) is 35.3 Å². The molecule has 0 bridgehead atoms. The molecule has 2 aliphatic rings. The maximum absolute atomic E-state index is 13.5. The fourth-order valence-corrected chi connectivity index (χ4v) is 6.60. The summed E-state index contributed by atoms with van der Waals surface area (Å²) in [5.74, 6) is 0.411. The van der Waals surface area contributed by atoms with Gasteiger partial charge >= 0.3 is 0 Å². The Morgan fingerprint density at radius 3 is 2.61 bits per heavy atom. The SMILES string of the molecule is Cc1nn(C)c2nc(C3CC3)cc(C(=O)N3CCC(NS(=O)(=O)c4cccs4)CC3)c12.